The number of para-hydroxylation sites is 1. The lowest BCUT2D eigenvalue weighted by molar-refractivity contribution is -0.158. The lowest BCUT2D eigenvalue weighted by Crippen LogP contribution is -2.54. The maximum atomic E-state index is 12.4. The normalized spacial score (nSPS) is 27.5. The molecule has 0 spiro atoms. The van der Waals surface area contributed by atoms with Gasteiger partial charge in [-0.15, -0.1) is 0 Å². The minimum Gasteiger partial charge on any atom is -0.398 e. The summed E-state index contributed by atoms with van der Waals surface area (Å²) in [6.45, 7) is 0.718. The van der Waals surface area contributed by atoms with Gasteiger partial charge in [0.2, 0.25) is 0 Å². The van der Waals surface area contributed by atoms with E-state index in [-0.39, 0.29) is 12.5 Å². The molecule has 2 aliphatic heterocycles. The minimum absolute atomic E-state index is 0.238. The highest BCUT2D eigenvalue weighted by Gasteiger charge is 2.64. The van der Waals surface area contributed by atoms with Crippen LogP contribution in [0.15, 0.2) is 36.9 Å². The number of benzene rings is 1. The third kappa shape index (κ3) is 2.63. The Morgan fingerprint density at radius 2 is 2.23 bits per heavy atom. The van der Waals surface area contributed by atoms with E-state index in [1.54, 1.807) is 10.9 Å². The van der Waals surface area contributed by atoms with Gasteiger partial charge in [-0.05, 0) is 11.6 Å². The molecule has 0 radical (unpaired) electrons. The van der Waals surface area contributed by atoms with Crippen LogP contribution < -0.4 is 21.7 Å². The Kier molecular flexibility index (Phi) is 4.31. The molecule has 11 heteroatoms. The number of nitrogens with zero attached hydrogens (tertiary/aromatic N) is 4. The van der Waals surface area contributed by atoms with Gasteiger partial charge in [0.05, 0.1) is 12.4 Å². The van der Waals surface area contributed by atoms with Crippen molar-refractivity contribution < 1.29 is 14.6 Å². The third-order valence-corrected chi connectivity index (χ3v) is 5.80. The highest BCUT2D eigenvalue weighted by atomic mass is 16.6. The van der Waals surface area contributed by atoms with E-state index in [0.29, 0.717) is 29.2 Å². The molecule has 2 fully saturated rings. The number of rotatable bonds is 5. The van der Waals surface area contributed by atoms with E-state index in [4.69, 9.17) is 10.5 Å². The van der Waals surface area contributed by atoms with Crippen molar-refractivity contribution in [1.82, 2.24) is 30.2 Å². The molecule has 3 aromatic rings. The second-order valence-electron chi connectivity index (χ2n) is 7.43. The summed E-state index contributed by atoms with van der Waals surface area (Å²) in [5.74, 6) is 0.189. The van der Waals surface area contributed by atoms with E-state index in [9.17, 15) is 9.90 Å². The summed E-state index contributed by atoms with van der Waals surface area (Å²) in [6.07, 6.45) is 1.39. The number of anilines is 2. The number of fused-ring (bicyclic) bond motifs is 3. The van der Waals surface area contributed by atoms with Gasteiger partial charge in [0.1, 0.15) is 12.4 Å². The Hall–Kier alpha value is -3.28. The molecular formula is C19H22N8O3. The predicted molar refractivity (Wildman–Crippen MR) is 108 cm³/mol. The van der Waals surface area contributed by atoms with Gasteiger partial charge in [-0.25, -0.2) is 15.0 Å². The van der Waals surface area contributed by atoms with Gasteiger partial charge in [0.25, 0.3) is 5.91 Å². The van der Waals surface area contributed by atoms with Crippen LogP contribution in [-0.2, 0) is 16.1 Å². The Bertz CT molecular complexity index is 1120. The molecule has 4 atom stereocenters. The van der Waals surface area contributed by atoms with E-state index in [1.165, 1.54) is 13.4 Å². The predicted octanol–water partition coefficient (Wildman–Crippen LogP) is -0.633. The van der Waals surface area contributed by atoms with Crippen LogP contribution in [0.5, 0.6) is 0 Å². The highest BCUT2D eigenvalue weighted by Crippen LogP contribution is 2.42. The van der Waals surface area contributed by atoms with E-state index in [2.05, 4.69) is 30.9 Å². The van der Waals surface area contributed by atoms with Crippen LogP contribution in [0.2, 0.25) is 0 Å². The molecule has 0 aliphatic carbocycles. The lowest BCUT2D eigenvalue weighted by atomic mass is 9.98. The Labute approximate surface area is 171 Å². The van der Waals surface area contributed by atoms with Gasteiger partial charge in [-0.3, -0.25) is 9.36 Å². The van der Waals surface area contributed by atoms with Gasteiger partial charge in [-0.1, -0.05) is 18.2 Å². The first-order chi connectivity index (χ1) is 14.5. The van der Waals surface area contributed by atoms with Crippen molar-refractivity contribution in [3.8, 4) is 0 Å². The number of aromatic nitrogens is 4. The minimum atomic E-state index is -1.33. The lowest BCUT2D eigenvalue weighted by Gasteiger charge is -2.30. The van der Waals surface area contributed by atoms with Crippen LogP contribution in [0.3, 0.4) is 0 Å². The molecule has 6 N–H and O–H groups in total. The Morgan fingerprint density at radius 1 is 1.40 bits per heavy atom. The molecule has 1 unspecified atom stereocenters. The summed E-state index contributed by atoms with van der Waals surface area (Å²) < 4.78 is 7.76. The summed E-state index contributed by atoms with van der Waals surface area (Å²) in [6, 6.07) is 7.12. The standard InChI is InChI=1S/C19H22N8O3/c1-21-18(29)19-7-23-12(14(19)28)17(30-19)27-9-26-13-15(24-8-25-16(13)27)22-6-10-4-2-3-5-11(10)20/h2-5,8-9,12,14,17,23,28H,6-7,20H2,1H3,(H,21,29)(H,22,24,25)/t12-,14?,17+,19-/m0/s1. The zero-order valence-electron chi connectivity index (χ0n) is 16.2. The fourth-order valence-corrected chi connectivity index (χ4v) is 4.18. The van der Waals surface area contributed by atoms with Crippen LogP contribution in [0.4, 0.5) is 11.5 Å². The van der Waals surface area contributed by atoms with Crippen molar-refractivity contribution >= 4 is 28.6 Å². The molecule has 11 nitrogen and oxygen atoms in total. The van der Waals surface area contributed by atoms with Crippen molar-refractivity contribution in [2.45, 2.75) is 30.5 Å². The monoisotopic (exact) mass is 410 g/mol. The van der Waals surface area contributed by atoms with Gasteiger partial charge < -0.3 is 31.5 Å². The van der Waals surface area contributed by atoms with Crippen molar-refractivity contribution in [3.63, 3.8) is 0 Å². The summed E-state index contributed by atoms with van der Waals surface area (Å²) in [4.78, 5) is 25.5. The number of nitrogens with two attached hydrogens (primary N) is 1. The second kappa shape index (κ2) is 6.90. The molecule has 2 bridgehead atoms. The van der Waals surface area contributed by atoms with Crippen molar-refractivity contribution in [2.75, 3.05) is 24.6 Å². The van der Waals surface area contributed by atoms with Gasteiger partial charge in [0.15, 0.2) is 28.8 Å². The maximum Gasteiger partial charge on any atom is 0.256 e. The first kappa shape index (κ1) is 18.7. The zero-order valence-corrected chi connectivity index (χ0v) is 16.2. The smallest absolute Gasteiger partial charge is 0.256 e. The number of carbonyl (C=O) groups excluding carboxylic acids is 1. The van der Waals surface area contributed by atoms with Crippen molar-refractivity contribution in [2.24, 2.45) is 0 Å². The number of hydrogen-bond donors (Lipinski definition) is 5. The molecule has 2 aromatic heterocycles. The second-order valence-corrected chi connectivity index (χ2v) is 7.43. The quantitative estimate of drug-likeness (QED) is 0.346. The first-order valence-electron chi connectivity index (χ1n) is 9.61. The number of imidazole rings is 1. The van der Waals surface area contributed by atoms with Crippen LogP contribution in [0, 0.1) is 0 Å². The number of likely N-dealkylation sites (N-methyl/N-ethyl adjacent to an activating group) is 1. The molecule has 4 heterocycles. The van der Waals surface area contributed by atoms with Gasteiger partial charge in [0, 0.05) is 25.8 Å². The molecule has 30 heavy (non-hydrogen) atoms. The molecule has 0 saturated carbocycles. The fourth-order valence-electron chi connectivity index (χ4n) is 4.18. The Morgan fingerprint density at radius 3 is 3.03 bits per heavy atom. The molecule has 2 saturated heterocycles. The number of morpholine rings is 1. The number of carbonyl (C=O) groups is 1. The van der Waals surface area contributed by atoms with Crippen LogP contribution in [0.25, 0.3) is 11.2 Å². The Balaban J connectivity index is 1.45. The van der Waals surface area contributed by atoms with Crippen LogP contribution >= 0.6 is 0 Å². The summed E-state index contributed by atoms with van der Waals surface area (Å²) in [5, 5.41) is 19.7. The van der Waals surface area contributed by atoms with Crippen LogP contribution in [0.1, 0.15) is 11.8 Å². The number of nitrogen functional groups attached to an aromatic ring is 1. The van der Waals surface area contributed by atoms with Crippen molar-refractivity contribution in [1.29, 1.82) is 0 Å². The zero-order chi connectivity index (χ0) is 20.9. The number of aliphatic hydroxyl groups excluding tert-OH is 1. The summed E-state index contributed by atoms with van der Waals surface area (Å²) in [5.41, 5.74) is 7.40. The van der Waals surface area contributed by atoms with Crippen molar-refractivity contribution in [3.05, 3.63) is 42.5 Å². The average molecular weight is 410 g/mol. The molecule has 1 aromatic carbocycles. The van der Waals surface area contributed by atoms with Crippen LogP contribution in [-0.4, -0.2) is 61.9 Å². The maximum absolute atomic E-state index is 12.4. The van der Waals surface area contributed by atoms with E-state index in [0.717, 1.165) is 5.56 Å². The molecule has 5 rings (SSSR count). The number of aliphatic hydroxyl groups is 1. The van der Waals surface area contributed by atoms with Gasteiger partial charge >= 0.3 is 0 Å². The molecular weight excluding hydrogens is 388 g/mol. The summed E-state index contributed by atoms with van der Waals surface area (Å²) >= 11 is 0. The summed E-state index contributed by atoms with van der Waals surface area (Å²) in [7, 11) is 1.52. The number of ether oxygens (including phenoxy) is 1. The number of hydrogen-bond acceptors (Lipinski definition) is 9. The largest absolute Gasteiger partial charge is 0.398 e. The van der Waals surface area contributed by atoms with Gasteiger partial charge in [-0.2, -0.15) is 0 Å². The SMILES string of the molecule is CNC(=O)[C@]12CN[C@@H](C1O)[C@H](n1cnc3c(NCc4ccccc4N)ncnc31)O2. The van der Waals surface area contributed by atoms with E-state index in [1.807, 2.05) is 24.3 Å². The average Bonchev–Trinajstić information content (AvgIpc) is 3.42. The molecule has 2 aliphatic rings. The molecule has 1 amide bonds. The van der Waals surface area contributed by atoms with E-state index >= 15 is 0 Å². The number of amides is 1. The van der Waals surface area contributed by atoms with E-state index < -0.39 is 24.0 Å². The number of nitrogens with one attached hydrogen (secondary N) is 3. The molecule has 156 valence electrons. The fraction of sp³-hybridized carbons (Fsp3) is 0.368. The topological polar surface area (TPSA) is 152 Å². The first-order valence-corrected chi connectivity index (χ1v) is 9.61. The third-order valence-electron chi connectivity index (χ3n) is 5.80. The highest BCUT2D eigenvalue weighted by molar-refractivity contribution is 5.87.